The Labute approximate surface area is 113 Å². The number of allylic oxidation sites excluding steroid dienone is 1. The molecule has 0 bridgehead atoms. The van der Waals surface area contributed by atoms with Crippen LogP contribution in [-0.4, -0.2) is 7.05 Å². The van der Waals surface area contributed by atoms with E-state index in [0.29, 0.717) is 13.2 Å². The molecule has 1 aromatic carbocycles. The minimum atomic E-state index is 0.516. The van der Waals surface area contributed by atoms with Crippen LogP contribution >= 0.6 is 0 Å². The summed E-state index contributed by atoms with van der Waals surface area (Å²) in [5, 5.41) is 3.08. The summed E-state index contributed by atoms with van der Waals surface area (Å²) in [5.41, 5.74) is 2.22. The molecule has 0 unspecified atom stereocenters. The Balaban J connectivity index is 2.05. The molecule has 0 aliphatic carbocycles. The third-order valence-electron chi connectivity index (χ3n) is 2.90. The van der Waals surface area contributed by atoms with Gasteiger partial charge < -0.3 is 14.5 Å². The Morgan fingerprint density at radius 2 is 2.11 bits per heavy atom. The molecule has 1 N–H and O–H groups in total. The molecular weight excluding hydrogens is 238 g/mol. The first-order chi connectivity index (χ1) is 9.35. The van der Waals surface area contributed by atoms with E-state index in [1.165, 1.54) is 0 Å². The topological polar surface area (TPSA) is 34.4 Å². The van der Waals surface area contributed by atoms with Crippen molar-refractivity contribution >= 4 is 0 Å². The molecule has 0 spiro atoms. The van der Waals surface area contributed by atoms with Crippen molar-refractivity contribution in [3.05, 3.63) is 66.1 Å². The lowest BCUT2D eigenvalue weighted by Crippen LogP contribution is -2.07. The predicted molar refractivity (Wildman–Crippen MR) is 76.1 cm³/mol. The molecule has 2 aromatic rings. The molecule has 0 amide bonds. The van der Waals surface area contributed by atoms with Crippen LogP contribution < -0.4 is 10.1 Å². The Hall–Kier alpha value is -2.00. The molecule has 1 heterocycles. The van der Waals surface area contributed by atoms with Gasteiger partial charge in [-0.3, -0.25) is 0 Å². The van der Waals surface area contributed by atoms with Crippen LogP contribution in [0.2, 0.25) is 0 Å². The van der Waals surface area contributed by atoms with Crippen LogP contribution in [-0.2, 0) is 19.6 Å². The number of hydrogen-bond donors (Lipinski definition) is 1. The predicted octanol–water partition coefficient (Wildman–Crippen LogP) is 3.31. The largest absolute Gasteiger partial charge is 0.488 e. The smallest absolute Gasteiger partial charge is 0.124 e. The molecule has 3 heteroatoms. The summed E-state index contributed by atoms with van der Waals surface area (Å²) < 4.78 is 11.3. The molecule has 0 fully saturated rings. The van der Waals surface area contributed by atoms with Crippen LogP contribution in [0.1, 0.15) is 16.9 Å². The molecule has 100 valence electrons. The van der Waals surface area contributed by atoms with Gasteiger partial charge in [-0.05, 0) is 31.2 Å². The van der Waals surface area contributed by atoms with E-state index < -0.39 is 0 Å². The molecule has 0 aliphatic rings. The molecule has 0 atom stereocenters. The van der Waals surface area contributed by atoms with Gasteiger partial charge in [-0.15, -0.1) is 6.58 Å². The highest BCUT2D eigenvalue weighted by molar-refractivity contribution is 5.35. The molecule has 0 saturated carbocycles. The minimum absolute atomic E-state index is 0.516. The number of ether oxygens (including phenoxy) is 1. The fraction of sp³-hybridized carbons (Fsp3) is 0.250. The van der Waals surface area contributed by atoms with Crippen LogP contribution in [0.25, 0.3) is 0 Å². The second-order valence-corrected chi connectivity index (χ2v) is 4.29. The van der Waals surface area contributed by atoms with Crippen molar-refractivity contribution in [1.29, 1.82) is 0 Å². The van der Waals surface area contributed by atoms with E-state index in [1.807, 2.05) is 37.4 Å². The van der Waals surface area contributed by atoms with Gasteiger partial charge in [0.1, 0.15) is 18.1 Å². The Morgan fingerprint density at radius 3 is 2.89 bits per heavy atom. The lowest BCUT2D eigenvalue weighted by Gasteiger charge is -2.10. The van der Waals surface area contributed by atoms with E-state index in [-0.39, 0.29) is 0 Å². The maximum Gasteiger partial charge on any atom is 0.124 e. The maximum atomic E-state index is 5.89. The number of benzene rings is 1. The van der Waals surface area contributed by atoms with Gasteiger partial charge >= 0.3 is 0 Å². The van der Waals surface area contributed by atoms with E-state index in [1.54, 1.807) is 6.26 Å². The third-order valence-corrected chi connectivity index (χ3v) is 2.90. The van der Waals surface area contributed by atoms with Gasteiger partial charge in [0.25, 0.3) is 0 Å². The van der Waals surface area contributed by atoms with Crippen molar-refractivity contribution in [1.82, 2.24) is 5.32 Å². The molecule has 19 heavy (non-hydrogen) atoms. The fourth-order valence-electron chi connectivity index (χ4n) is 1.94. The highest BCUT2D eigenvalue weighted by Crippen LogP contribution is 2.21. The van der Waals surface area contributed by atoms with Gasteiger partial charge in [0.2, 0.25) is 0 Å². The van der Waals surface area contributed by atoms with Crippen molar-refractivity contribution in [3.63, 3.8) is 0 Å². The van der Waals surface area contributed by atoms with Crippen LogP contribution in [0.15, 0.2) is 53.7 Å². The normalized spacial score (nSPS) is 10.4. The summed E-state index contributed by atoms with van der Waals surface area (Å²) in [6.45, 7) is 4.99. The quantitative estimate of drug-likeness (QED) is 0.773. The van der Waals surface area contributed by atoms with E-state index in [4.69, 9.17) is 9.15 Å². The number of hydrogen-bond acceptors (Lipinski definition) is 3. The zero-order valence-corrected chi connectivity index (χ0v) is 11.2. The molecule has 3 nitrogen and oxygen atoms in total. The van der Waals surface area contributed by atoms with Gasteiger partial charge in [-0.25, -0.2) is 0 Å². The van der Waals surface area contributed by atoms with Gasteiger partial charge in [0.15, 0.2) is 0 Å². The first-order valence-electron chi connectivity index (χ1n) is 6.36. The maximum absolute atomic E-state index is 5.89. The lowest BCUT2D eigenvalue weighted by atomic mass is 10.1. The Kier molecular flexibility index (Phi) is 4.81. The second kappa shape index (κ2) is 6.81. The van der Waals surface area contributed by atoms with Crippen molar-refractivity contribution in [2.45, 2.75) is 19.6 Å². The SMILES string of the molecule is C=CCc1ccccc1OCc1ccoc1CNC. The average Bonchev–Trinajstić information content (AvgIpc) is 2.86. The summed E-state index contributed by atoms with van der Waals surface area (Å²) in [4.78, 5) is 0. The van der Waals surface area contributed by atoms with Crippen molar-refractivity contribution in [2.75, 3.05) is 7.05 Å². The number of furan rings is 1. The highest BCUT2D eigenvalue weighted by atomic mass is 16.5. The van der Waals surface area contributed by atoms with Crippen LogP contribution in [0.3, 0.4) is 0 Å². The Bertz CT molecular complexity index is 531. The summed E-state index contributed by atoms with van der Waals surface area (Å²) in [6, 6.07) is 9.97. The van der Waals surface area contributed by atoms with Gasteiger partial charge in [0, 0.05) is 5.56 Å². The summed E-state index contributed by atoms with van der Waals surface area (Å²) in [6.07, 6.45) is 4.39. The Morgan fingerprint density at radius 1 is 1.26 bits per heavy atom. The fourth-order valence-corrected chi connectivity index (χ4v) is 1.94. The van der Waals surface area contributed by atoms with E-state index in [9.17, 15) is 0 Å². The number of para-hydroxylation sites is 1. The van der Waals surface area contributed by atoms with Crippen LogP contribution in [0.4, 0.5) is 0 Å². The van der Waals surface area contributed by atoms with Crippen LogP contribution in [0.5, 0.6) is 5.75 Å². The summed E-state index contributed by atoms with van der Waals surface area (Å²) >= 11 is 0. The zero-order chi connectivity index (χ0) is 13.5. The monoisotopic (exact) mass is 257 g/mol. The summed E-state index contributed by atoms with van der Waals surface area (Å²) in [7, 11) is 1.90. The number of rotatable bonds is 7. The molecule has 0 saturated heterocycles. The highest BCUT2D eigenvalue weighted by Gasteiger charge is 2.07. The van der Waals surface area contributed by atoms with E-state index in [0.717, 1.165) is 29.1 Å². The standard InChI is InChI=1S/C16H19NO2/c1-3-6-13-7-4-5-8-15(13)19-12-14-9-10-18-16(14)11-17-2/h3-5,7-10,17H,1,6,11-12H2,2H3. The molecule has 1 aromatic heterocycles. The van der Waals surface area contributed by atoms with Crippen molar-refractivity contribution < 1.29 is 9.15 Å². The first-order valence-corrected chi connectivity index (χ1v) is 6.36. The average molecular weight is 257 g/mol. The molecule has 0 radical (unpaired) electrons. The van der Waals surface area contributed by atoms with Crippen LogP contribution in [0, 0.1) is 0 Å². The minimum Gasteiger partial charge on any atom is -0.488 e. The number of nitrogens with one attached hydrogen (secondary N) is 1. The van der Waals surface area contributed by atoms with Crippen molar-refractivity contribution in [3.8, 4) is 5.75 Å². The summed E-state index contributed by atoms with van der Waals surface area (Å²) in [5.74, 6) is 1.82. The van der Waals surface area contributed by atoms with E-state index >= 15 is 0 Å². The van der Waals surface area contributed by atoms with Gasteiger partial charge in [-0.1, -0.05) is 24.3 Å². The molecule has 0 aliphatic heterocycles. The lowest BCUT2D eigenvalue weighted by molar-refractivity contribution is 0.299. The zero-order valence-electron chi connectivity index (χ0n) is 11.2. The second-order valence-electron chi connectivity index (χ2n) is 4.29. The first kappa shape index (κ1) is 13.4. The van der Waals surface area contributed by atoms with Gasteiger partial charge in [-0.2, -0.15) is 0 Å². The third kappa shape index (κ3) is 3.48. The van der Waals surface area contributed by atoms with Crippen molar-refractivity contribution in [2.24, 2.45) is 0 Å². The van der Waals surface area contributed by atoms with Gasteiger partial charge in [0.05, 0.1) is 12.8 Å². The van der Waals surface area contributed by atoms with E-state index in [2.05, 4.69) is 18.0 Å². The molecular formula is C16H19NO2. The molecule has 2 rings (SSSR count).